The van der Waals surface area contributed by atoms with Crippen LogP contribution in [-0.4, -0.2) is 6.04 Å². The minimum Gasteiger partial charge on any atom is -0.308 e. The van der Waals surface area contributed by atoms with Crippen molar-refractivity contribution in [2.45, 2.75) is 59.0 Å². The summed E-state index contributed by atoms with van der Waals surface area (Å²) in [5.41, 5.74) is 2.73. The van der Waals surface area contributed by atoms with Gasteiger partial charge in [0.25, 0.3) is 0 Å². The third-order valence-electron chi connectivity index (χ3n) is 3.07. The van der Waals surface area contributed by atoms with E-state index in [0.717, 1.165) is 0 Å². The quantitative estimate of drug-likeness (QED) is 0.755. The van der Waals surface area contributed by atoms with Crippen LogP contribution in [0.3, 0.4) is 0 Å². The Balaban J connectivity index is 2.48. The summed E-state index contributed by atoms with van der Waals surface area (Å²) in [6, 6.07) is 9.82. The molecule has 90 valence electrons. The first kappa shape index (κ1) is 13.2. The number of rotatable bonds is 6. The van der Waals surface area contributed by atoms with Crippen molar-refractivity contribution in [3.63, 3.8) is 0 Å². The van der Waals surface area contributed by atoms with Crippen molar-refractivity contribution in [2.75, 3.05) is 0 Å². The Hall–Kier alpha value is -0.820. The first-order valence-corrected chi connectivity index (χ1v) is 6.46. The van der Waals surface area contributed by atoms with Gasteiger partial charge in [0.15, 0.2) is 0 Å². The van der Waals surface area contributed by atoms with Crippen molar-refractivity contribution in [2.24, 2.45) is 0 Å². The molecule has 1 aromatic rings. The van der Waals surface area contributed by atoms with E-state index in [9.17, 15) is 0 Å². The second-order valence-electron chi connectivity index (χ2n) is 4.85. The fourth-order valence-electron chi connectivity index (χ4n) is 2.06. The SMILES string of the molecule is CCCCC(C)N[C@H](C)c1cccc(C)c1. The van der Waals surface area contributed by atoms with Crippen LogP contribution in [0.5, 0.6) is 0 Å². The highest BCUT2D eigenvalue weighted by Gasteiger charge is 2.08. The molecule has 0 bridgehead atoms. The lowest BCUT2D eigenvalue weighted by Crippen LogP contribution is -2.28. The summed E-state index contributed by atoms with van der Waals surface area (Å²) in [5, 5.41) is 3.66. The predicted octanol–water partition coefficient (Wildman–Crippen LogP) is 4.22. The summed E-state index contributed by atoms with van der Waals surface area (Å²) >= 11 is 0. The van der Waals surface area contributed by atoms with Gasteiger partial charge in [0, 0.05) is 12.1 Å². The van der Waals surface area contributed by atoms with E-state index in [-0.39, 0.29) is 0 Å². The molecule has 0 aliphatic rings. The van der Waals surface area contributed by atoms with Crippen molar-refractivity contribution in [1.29, 1.82) is 0 Å². The summed E-state index contributed by atoms with van der Waals surface area (Å²) in [5.74, 6) is 0. The molecule has 0 heterocycles. The molecule has 0 radical (unpaired) electrons. The molecule has 1 rings (SSSR count). The molecule has 1 N–H and O–H groups in total. The number of benzene rings is 1. The van der Waals surface area contributed by atoms with Crippen molar-refractivity contribution in [3.05, 3.63) is 35.4 Å². The Kier molecular flexibility index (Phi) is 5.54. The van der Waals surface area contributed by atoms with E-state index in [0.29, 0.717) is 12.1 Å². The molecular formula is C15H25N. The minimum atomic E-state index is 0.451. The zero-order valence-corrected chi connectivity index (χ0v) is 11.1. The van der Waals surface area contributed by atoms with Gasteiger partial charge in [-0.25, -0.2) is 0 Å². The maximum Gasteiger partial charge on any atom is 0.0294 e. The van der Waals surface area contributed by atoms with Gasteiger partial charge in [0.05, 0.1) is 0 Å². The predicted molar refractivity (Wildman–Crippen MR) is 71.7 cm³/mol. The molecular weight excluding hydrogens is 194 g/mol. The lowest BCUT2D eigenvalue weighted by atomic mass is 10.0. The second-order valence-corrected chi connectivity index (χ2v) is 4.85. The topological polar surface area (TPSA) is 12.0 Å². The van der Waals surface area contributed by atoms with Crippen molar-refractivity contribution in [1.82, 2.24) is 5.32 Å². The molecule has 1 aromatic carbocycles. The second kappa shape index (κ2) is 6.70. The molecule has 0 aromatic heterocycles. The Labute approximate surface area is 100 Å². The van der Waals surface area contributed by atoms with Gasteiger partial charge in [0.1, 0.15) is 0 Å². The summed E-state index contributed by atoms with van der Waals surface area (Å²) in [6.45, 7) is 8.92. The standard InChI is InChI=1S/C15H25N/c1-5-6-9-13(3)16-14(4)15-10-7-8-12(2)11-15/h7-8,10-11,13-14,16H,5-6,9H2,1-4H3/t13?,14-/m1/s1. The van der Waals surface area contributed by atoms with E-state index < -0.39 is 0 Å². The van der Waals surface area contributed by atoms with Crippen molar-refractivity contribution < 1.29 is 0 Å². The Bertz CT molecular complexity index is 306. The van der Waals surface area contributed by atoms with E-state index in [2.05, 4.69) is 57.3 Å². The van der Waals surface area contributed by atoms with E-state index in [4.69, 9.17) is 0 Å². The van der Waals surface area contributed by atoms with Crippen molar-refractivity contribution >= 4 is 0 Å². The molecule has 0 amide bonds. The third-order valence-corrected chi connectivity index (χ3v) is 3.07. The Morgan fingerprint density at radius 2 is 2.00 bits per heavy atom. The fraction of sp³-hybridized carbons (Fsp3) is 0.600. The molecule has 1 nitrogen and oxygen atoms in total. The van der Waals surface area contributed by atoms with Crippen LogP contribution < -0.4 is 5.32 Å². The van der Waals surface area contributed by atoms with Crippen LogP contribution in [0.2, 0.25) is 0 Å². The van der Waals surface area contributed by atoms with Crippen molar-refractivity contribution in [3.8, 4) is 0 Å². The summed E-state index contributed by atoms with van der Waals surface area (Å²) in [4.78, 5) is 0. The Morgan fingerprint density at radius 3 is 2.62 bits per heavy atom. The monoisotopic (exact) mass is 219 g/mol. The highest BCUT2D eigenvalue weighted by molar-refractivity contribution is 5.24. The Morgan fingerprint density at radius 1 is 1.25 bits per heavy atom. The molecule has 0 aliphatic carbocycles. The summed E-state index contributed by atoms with van der Waals surface area (Å²) in [6.07, 6.45) is 3.87. The van der Waals surface area contributed by atoms with E-state index >= 15 is 0 Å². The van der Waals surface area contributed by atoms with Gasteiger partial charge in [-0.15, -0.1) is 0 Å². The smallest absolute Gasteiger partial charge is 0.0294 e. The number of unbranched alkanes of at least 4 members (excludes halogenated alkanes) is 1. The van der Waals surface area contributed by atoms with Crippen LogP contribution >= 0.6 is 0 Å². The van der Waals surface area contributed by atoms with Crippen LogP contribution in [0.1, 0.15) is 57.2 Å². The average molecular weight is 219 g/mol. The van der Waals surface area contributed by atoms with Crippen LogP contribution in [0.25, 0.3) is 0 Å². The van der Waals surface area contributed by atoms with Crippen LogP contribution in [-0.2, 0) is 0 Å². The van der Waals surface area contributed by atoms with E-state index in [1.54, 1.807) is 0 Å². The van der Waals surface area contributed by atoms with Crippen LogP contribution in [0.4, 0.5) is 0 Å². The lowest BCUT2D eigenvalue weighted by Gasteiger charge is -2.20. The molecule has 0 saturated heterocycles. The molecule has 16 heavy (non-hydrogen) atoms. The number of hydrogen-bond donors (Lipinski definition) is 1. The fourth-order valence-corrected chi connectivity index (χ4v) is 2.06. The third kappa shape index (κ3) is 4.36. The summed E-state index contributed by atoms with van der Waals surface area (Å²) < 4.78 is 0. The first-order valence-electron chi connectivity index (χ1n) is 6.46. The van der Waals surface area contributed by atoms with E-state index in [1.807, 2.05) is 0 Å². The maximum atomic E-state index is 3.66. The zero-order valence-electron chi connectivity index (χ0n) is 11.1. The molecule has 1 unspecified atom stereocenters. The molecule has 0 saturated carbocycles. The van der Waals surface area contributed by atoms with Gasteiger partial charge in [0.2, 0.25) is 0 Å². The molecule has 0 aliphatic heterocycles. The average Bonchev–Trinajstić information content (AvgIpc) is 2.26. The highest BCUT2D eigenvalue weighted by atomic mass is 14.9. The van der Waals surface area contributed by atoms with Gasteiger partial charge < -0.3 is 5.32 Å². The van der Waals surface area contributed by atoms with Crippen LogP contribution in [0.15, 0.2) is 24.3 Å². The number of aryl methyl sites for hydroxylation is 1. The van der Waals surface area contributed by atoms with Gasteiger partial charge in [-0.05, 0) is 32.8 Å². The lowest BCUT2D eigenvalue weighted by molar-refractivity contribution is 0.444. The van der Waals surface area contributed by atoms with E-state index in [1.165, 1.54) is 30.4 Å². The minimum absolute atomic E-state index is 0.451. The number of hydrogen-bond acceptors (Lipinski definition) is 1. The normalized spacial score (nSPS) is 14.8. The zero-order chi connectivity index (χ0) is 12.0. The largest absolute Gasteiger partial charge is 0.308 e. The van der Waals surface area contributed by atoms with Crippen LogP contribution in [0, 0.1) is 6.92 Å². The number of nitrogens with one attached hydrogen (secondary N) is 1. The molecule has 2 atom stereocenters. The first-order chi connectivity index (χ1) is 7.63. The molecule has 1 heteroatoms. The maximum absolute atomic E-state index is 3.66. The summed E-state index contributed by atoms with van der Waals surface area (Å²) in [7, 11) is 0. The van der Waals surface area contributed by atoms with Gasteiger partial charge >= 0.3 is 0 Å². The highest BCUT2D eigenvalue weighted by Crippen LogP contribution is 2.15. The molecule has 0 spiro atoms. The van der Waals surface area contributed by atoms with Gasteiger partial charge in [-0.3, -0.25) is 0 Å². The van der Waals surface area contributed by atoms with Gasteiger partial charge in [-0.1, -0.05) is 49.6 Å². The van der Waals surface area contributed by atoms with Gasteiger partial charge in [-0.2, -0.15) is 0 Å². The molecule has 0 fully saturated rings.